The van der Waals surface area contributed by atoms with Gasteiger partial charge in [0, 0.05) is 30.5 Å². The van der Waals surface area contributed by atoms with Gasteiger partial charge in [0.05, 0.1) is 142 Å². The van der Waals surface area contributed by atoms with Crippen LogP contribution >= 0.6 is 39.1 Å². The average Bonchev–Trinajstić information content (AvgIpc) is 1.61. The Hall–Kier alpha value is -12.0. The van der Waals surface area contributed by atoms with Crippen molar-refractivity contribution in [1.29, 1.82) is 0 Å². The predicted molar refractivity (Wildman–Crippen MR) is 485 cm³/mol. The summed E-state index contributed by atoms with van der Waals surface area (Å²) in [4.78, 5) is 39.4. The van der Waals surface area contributed by atoms with E-state index in [4.69, 9.17) is 81.0 Å². The fraction of sp³-hybridized carbons (Fsp3) is 0.326. The number of fused-ring (bicyclic) bond motifs is 3. The van der Waals surface area contributed by atoms with Gasteiger partial charge in [-0.3, -0.25) is 47.9 Å². The Bertz CT molecular complexity index is 5130. The maximum atomic E-state index is 12.3. The molecule has 0 unspecified atom stereocenters. The maximum Gasteiger partial charge on any atom is 0.255 e. The zero-order valence-corrected chi connectivity index (χ0v) is 72.6. The number of hydrogen-bond donors (Lipinski definition) is 8. The molecule has 2 heterocycles. The van der Waals surface area contributed by atoms with Crippen molar-refractivity contribution >= 4 is 118 Å². The lowest BCUT2D eigenvalue weighted by Gasteiger charge is -2.08. The molecule has 2 aromatic heterocycles. The number of rotatable bonds is 34. The standard InChI is InChI=1S/C16H19FN2O.C15H17FN2O.C12H16BrFN2O.C12H16ClFN2O.C12H14ClN3.C11H14FN3O2.C11H12FN3O/c1-12(18)19-11-13-3-4-15-10-16(20-8-2-7-17)6-5-14(15)9-13;1-11(17)18-10-12-2-3-14-9-15(19-7-6-16)5-4-13(14)8-12;2*1-9(15)16-8-10-3-4-12(11(13)7-10)17-6-2-5-14;1-2-4-12-9-16(15-14-12)8-10-5-3-6-11(13)7-10;1-7(13)14-6-8-2-3-9(10(16)4-8)15-11(17)5-12;1-7(13)14-6-8-2-3-9-10(4-8)16-11(5-12)15-9/h3-6,9-10H,2,7-8,11H2,1H3,(H2,18,19);2-5,8-9H,6-7,10H2,1H3,(H2,17,18);2*3-4,7H,2,5-6,8H2,1H3,(H2,15,16);3,5-7,9H,2,4,8H2,1H3;2-4,16H,5-6H2,1H3,(H2,13,14)(H,15,17);2-4H,5-6H2,1H3,(H2,13,14). The van der Waals surface area contributed by atoms with Crippen molar-refractivity contribution in [2.24, 2.45) is 64.4 Å². The van der Waals surface area contributed by atoms with Crippen LogP contribution in [0.4, 0.5) is 32.0 Å². The van der Waals surface area contributed by atoms with Gasteiger partial charge in [-0.1, -0.05) is 115 Å². The molecule has 1 amide bonds. The Balaban J connectivity index is 0.000000253. The zero-order chi connectivity index (χ0) is 89.1. The van der Waals surface area contributed by atoms with Crippen LogP contribution < -0.4 is 58.7 Å². The third-order valence-corrected chi connectivity index (χ3v) is 17.3. The Morgan fingerprint density at radius 2 is 0.943 bits per heavy atom. The van der Waals surface area contributed by atoms with Gasteiger partial charge in [-0.05, 0) is 221 Å². The number of aryl methyl sites for hydroxylation is 1. The molecule has 0 bridgehead atoms. The van der Waals surface area contributed by atoms with Crippen molar-refractivity contribution in [2.45, 2.75) is 133 Å². The van der Waals surface area contributed by atoms with Gasteiger partial charge in [0.25, 0.3) is 5.91 Å². The Morgan fingerprint density at radius 1 is 0.500 bits per heavy atom. The number of alkyl halides is 6. The summed E-state index contributed by atoms with van der Waals surface area (Å²) in [6.07, 6.45) is 5.27. The number of nitrogens with one attached hydrogen (secondary N) is 1. The van der Waals surface area contributed by atoms with E-state index >= 15 is 0 Å². The number of phenolic OH excluding ortho intramolecular Hbond substituents is 1. The van der Waals surface area contributed by atoms with Crippen molar-refractivity contribution in [3.63, 3.8) is 0 Å². The molecule has 0 aliphatic carbocycles. The Morgan fingerprint density at radius 3 is 1.41 bits per heavy atom. The molecular formula is C89H108BrCl2F6N17O7. The van der Waals surface area contributed by atoms with Gasteiger partial charge in [-0.15, -0.1) is 5.10 Å². The number of aliphatic imine (C=N–C) groups is 6. The average molecular weight is 1790 g/mol. The number of aromatic nitrogens is 4. The summed E-state index contributed by atoms with van der Waals surface area (Å²) in [5, 5.41) is 25.7. The second-order valence-corrected chi connectivity index (χ2v) is 28.7. The van der Waals surface area contributed by atoms with E-state index in [1.165, 1.54) is 12.1 Å². The van der Waals surface area contributed by atoms with Crippen molar-refractivity contribution in [3.05, 3.63) is 241 Å². The number of anilines is 1. The second-order valence-electron chi connectivity index (χ2n) is 27.0. The molecular weight excluding hydrogens is 1680 g/mol. The minimum atomic E-state index is -1.13. The van der Waals surface area contributed by atoms with Crippen LogP contribution in [0.2, 0.25) is 10.0 Å². The normalized spacial score (nSPS) is 11.6. The fourth-order valence-electron chi connectivity index (χ4n) is 10.4. The molecule has 122 heavy (non-hydrogen) atoms. The minimum Gasteiger partial charge on any atom is -0.506 e. The number of aromatic hydroxyl groups is 1. The van der Waals surface area contributed by atoms with Crippen molar-refractivity contribution < 1.29 is 59.6 Å². The van der Waals surface area contributed by atoms with Crippen molar-refractivity contribution in [1.82, 2.24) is 20.0 Å². The van der Waals surface area contributed by atoms with Crippen LogP contribution in [-0.4, -0.2) is 126 Å². The highest BCUT2D eigenvalue weighted by atomic mass is 79.9. The molecule has 0 fully saturated rings. The van der Waals surface area contributed by atoms with E-state index in [-0.39, 0.29) is 44.0 Å². The molecule has 0 spiro atoms. The molecule has 0 aliphatic heterocycles. The number of phenols is 1. The monoisotopic (exact) mass is 1790 g/mol. The van der Waals surface area contributed by atoms with Crippen LogP contribution in [0.3, 0.4) is 0 Å². The molecule has 654 valence electrons. The summed E-state index contributed by atoms with van der Waals surface area (Å²) < 4.78 is 102. The fourth-order valence-corrected chi connectivity index (χ4v) is 11.4. The number of oxazole rings is 1. The summed E-state index contributed by atoms with van der Waals surface area (Å²) in [6, 6.07) is 52.8. The molecule has 24 nitrogen and oxygen atoms in total. The number of nitrogens with two attached hydrogens (primary N) is 6. The maximum absolute atomic E-state index is 12.3. The van der Waals surface area contributed by atoms with Crippen LogP contribution in [-0.2, 0) is 63.7 Å². The molecule has 0 atom stereocenters. The number of benzene rings is 9. The lowest BCUT2D eigenvalue weighted by molar-refractivity contribution is -0.117. The number of halogens is 9. The largest absolute Gasteiger partial charge is 0.506 e. The molecule has 11 rings (SSSR count). The summed E-state index contributed by atoms with van der Waals surface area (Å²) in [5.74, 6) is 5.15. The first-order chi connectivity index (χ1) is 58.6. The van der Waals surface area contributed by atoms with Crippen molar-refractivity contribution in [3.8, 4) is 28.7 Å². The summed E-state index contributed by atoms with van der Waals surface area (Å²) >= 11 is 15.4. The van der Waals surface area contributed by atoms with Gasteiger partial charge in [0.2, 0.25) is 5.89 Å². The number of carbonyl (C=O) groups is 1. The van der Waals surface area contributed by atoms with Gasteiger partial charge in [0.15, 0.2) is 18.9 Å². The first-order valence-corrected chi connectivity index (χ1v) is 40.4. The van der Waals surface area contributed by atoms with Crippen LogP contribution in [0.25, 0.3) is 32.6 Å². The van der Waals surface area contributed by atoms with Gasteiger partial charge in [0.1, 0.15) is 47.5 Å². The second kappa shape index (κ2) is 56.5. The SMILES string of the molecule is CC(N)=NCc1ccc(NC(=O)CF)c(O)c1.CC(N)=NCc1ccc(OCCCF)c(Br)c1.CC(N)=NCc1ccc(OCCCF)c(Cl)c1.CC(N)=NCc1ccc2cc(OCCCF)ccc2c1.CC(N)=NCc1ccc2cc(OCCF)ccc2c1.CC(N)=NCc1ccc2nc(CF)oc2c1.CCCc1cn(Cc2cccc(Cl)c2)nn1. The van der Waals surface area contributed by atoms with Gasteiger partial charge in [-0.2, -0.15) is 0 Å². The van der Waals surface area contributed by atoms with E-state index in [0.717, 1.165) is 107 Å². The number of hydrogen-bond acceptors (Lipinski definition) is 16. The Kier molecular flexibility index (Phi) is 46.6. The molecule has 0 saturated heterocycles. The summed E-state index contributed by atoms with van der Waals surface area (Å²) in [7, 11) is 0. The quantitative estimate of drug-likeness (QED) is 0.00610. The smallest absolute Gasteiger partial charge is 0.255 e. The Labute approximate surface area is 726 Å². The van der Waals surface area contributed by atoms with E-state index in [0.29, 0.717) is 141 Å². The van der Waals surface area contributed by atoms with E-state index in [1.807, 2.05) is 126 Å². The summed E-state index contributed by atoms with van der Waals surface area (Å²) in [6.45, 7) is 14.1. The highest BCUT2D eigenvalue weighted by molar-refractivity contribution is 9.10. The van der Waals surface area contributed by atoms with Gasteiger partial charge >= 0.3 is 0 Å². The van der Waals surface area contributed by atoms with Crippen LogP contribution in [0.5, 0.6) is 28.7 Å². The predicted octanol–water partition coefficient (Wildman–Crippen LogP) is 18.8. The summed E-state index contributed by atoms with van der Waals surface area (Å²) in [5.41, 5.74) is 42.3. The number of nitrogens with zero attached hydrogens (tertiary/aromatic N) is 10. The van der Waals surface area contributed by atoms with Gasteiger partial charge < -0.3 is 68.2 Å². The highest BCUT2D eigenvalue weighted by Crippen LogP contribution is 2.30. The van der Waals surface area contributed by atoms with Gasteiger partial charge in [-0.25, -0.2) is 22.8 Å². The molecule has 33 heteroatoms. The van der Waals surface area contributed by atoms with Crippen LogP contribution in [0, 0.1) is 0 Å². The molecule has 0 radical (unpaired) electrons. The molecule has 14 N–H and O–H groups in total. The van der Waals surface area contributed by atoms with E-state index in [1.54, 1.807) is 71.9 Å². The molecule has 9 aromatic carbocycles. The van der Waals surface area contributed by atoms with Crippen LogP contribution in [0.1, 0.15) is 125 Å². The molecule has 0 aliphatic rings. The van der Waals surface area contributed by atoms with Crippen LogP contribution in [0.15, 0.2) is 215 Å². The molecule has 0 saturated carbocycles. The lowest BCUT2D eigenvalue weighted by Crippen LogP contribution is -2.13. The minimum absolute atomic E-state index is 0.0914. The number of amides is 1. The van der Waals surface area contributed by atoms with E-state index in [2.05, 4.69) is 85.6 Å². The van der Waals surface area contributed by atoms with Crippen molar-refractivity contribution in [2.75, 3.05) is 65.1 Å². The third kappa shape index (κ3) is 40.4. The lowest BCUT2D eigenvalue weighted by atomic mass is 10.1. The first kappa shape index (κ1) is 101. The topological polar surface area (TPSA) is 373 Å². The zero-order valence-electron chi connectivity index (χ0n) is 69.5. The number of ether oxygens (including phenoxy) is 4. The first-order valence-electron chi connectivity index (χ1n) is 38.9. The van der Waals surface area contributed by atoms with E-state index in [9.17, 15) is 36.2 Å². The molecule has 11 aromatic rings. The number of carbonyl (C=O) groups excluding carboxylic acids is 1. The highest BCUT2D eigenvalue weighted by Gasteiger charge is 2.11. The number of amidine groups is 6. The van der Waals surface area contributed by atoms with E-state index < -0.39 is 25.9 Å². The third-order valence-electron chi connectivity index (χ3n) is 16.2.